The lowest BCUT2D eigenvalue weighted by Gasteiger charge is -2.19. The minimum Gasteiger partial charge on any atom is -0.379 e. The number of hydrogen-bond acceptors (Lipinski definition) is 6. The van der Waals surface area contributed by atoms with Crippen LogP contribution in [0, 0.1) is 11.8 Å². The average Bonchev–Trinajstić information content (AvgIpc) is 2.60. The van der Waals surface area contributed by atoms with E-state index in [2.05, 4.69) is 13.8 Å². The molecule has 0 aliphatic heterocycles. The molecule has 0 aromatic rings. The SMILES string of the molecule is CC(C)COCCOCCOCCOCCOCCN(C)C(=O)C(C)C. The van der Waals surface area contributed by atoms with E-state index in [4.69, 9.17) is 23.7 Å². The lowest BCUT2D eigenvalue weighted by molar-refractivity contribution is -0.133. The molecule has 0 aliphatic rings. The highest BCUT2D eigenvalue weighted by Gasteiger charge is 2.11. The Morgan fingerprint density at radius 2 is 1.08 bits per heavy atom. The molecule has 0 aromatic carbocycles. The molecule has 7 heteroatoms. The van der Waals surface area contributed by atoms with Gasteiger partial charge in [0.15, 0.2) is 0 Å². The van der Waals surface area contributed by atoms with Gasteiger partial charge in [-0.2, -0.15) is 0 Å². The number of rotatable bonds is 18. The first-order chi connectivity index (χ1) is 12.4. The molecular weight excluding hydrogens is 338 g/mol. The van der Waals surface area contributed by atoms with Crippen molar-refractivity contribution in [2.24, 2.45) is 11.8 Å². The first kappa shape index (κ1) is 25.3. The van der Waals surface area contributed by atoms with E-state index >= 15 is 0 Å². The fraction of sp³-hybridized carbons (Fsp3) is 0.947. The lowest BCUT2D eigenvalue weighted by atomic mass is 10.2. The second-order valence-corrected chi connectivity index (χ2v) is 6.83. The third-order valence-corrected chi connectivity index (χ3v) is 3.38. The summed E-state index contributed by atoms with van der Waals surface area (Å²) in [6, 6.07) is 0. The molecule has 0 fully saturated rings. The van der Waals surface area contributed by atoms with E-state index < -0.39 is 0 Å². The van der Waals surface area contributed by atoms with Gasteiger partial charge in [0, 0.05) is 26.1 Å². The van der Waals surface area contributed by atoms with Crippen LogP contribution in [-0.2, 0) is 28.5 Å². The molecule has 0 spiro atoms. The van der Waals surface area contributed by atoms with E-state index in [1.807, 2.05) is 13.8 Å². The predicted octanol–water partition coefficient (Wildman–Crippen LogP) is 1.84. The molecule has 0 N–H and O–H groups in total. The summed E-state index contributed by atoms with van der Waals surface area (Å²) in [6.07, 6.45) is 0. The van der Waals surface area contributed by atoms with Gasteiger partial charge in [-0.05, 0) is 5.92 Å². The first-order valence-electron chi connectivity index (χ1n) is 9.58. The molecule has 0 unspecified atom stereocenters. The normalized spacial score (nSPS) is 11.5. The van der Waals surface area contributed by atoms with E-state index in [1.165, 1.54) is 0 Å². The second kappa shape index (κ2) is 17.7. The minimum atomic E-state index is 0.0203. The first-order valence-corrected chi connectivity index (χ1v) is 9.58. The Balaban J connectivity index is 3.17. The summed E-state index contributed by atoms with van der Waals surface area (Å²) >= 11 is 0. The molecule has 0 heterocycles. The summed E-state index contributed by atoms with van der Waals surface area (Å²) in [4.78, 5) is 13.4. The van der Waals surface area contributed by atoms with E-state index in [1.54, 1.807) is 11.9 Å². The number of amides is 1. The van der Waals surface area contributed by atoms with Crippen LogP contribution in [-0.4, -0.2) is 90.5 Å². The number of likely N-dealkylation sites (N-methyl/N-ethyl adjacent to an activating group) is 1. The number of ether oxygens (including phenoxy) is 5. The summed E-state index contributed by atoms with van der Waals surface area (Å²) in [5.74, 6) is 0.708. The maximum Gasteiger partial charge on any atom is 0.224 e. The number of hydrogen-bond donors (Lipinski definition) is 0. The molecule has 26 heavy (non-hydrogen) atoms. The highest BCUT2D eigenvalue weighted by atomic mass is 16.6. The van der Waals surface area contributed by atoms with Crippen LogP contribution in [0.4, 0.5) is 0 Å². The quantitative estimate of drug-likeness (QED) is 0.340. The molecule has 0 atom stereocenters. The topological polar surface area (TPSA) is 66.5 Å². The summed E-state index contributed by atoms with van der Waals surface area (Å²) in [5.41, 5.74) is 0. The molecule has 7 nitrogen and oxygen atoms in total. The van der Waals surface area contributed by atoms with Gasteiger partial charge in [0.05, 0.1) is 59.5 Å². The Labute approximate surface area is 159 Å². The van der Waals surface area contributed by atoms with Crippen molar-refractivity contribution in [2.45, 2.75) is 27.7 Å². The summed E-state index contributed by atoms with van der Waals surface area (Å²) in [7, 11) is 1.79. The van der Waals surface area contributed by atoms with Crippen molar-refractivity contribution >= 4 is 5.91 Å². The van der Waals surface area contributed by atoms with E-state index in [-0.39, 0.29) is 11.8 Å². The van der Waals surface area contributed by atoms with Crippen LogP contribution in [0.1, 0.15) is 27.7 Å². The zero-order chi connectivity index (χ0) is 19.6. The molecule has 156 valence electrons. The van der Waals surface area contributed by atoms with Crippen molar-refractivity contribution in [1.29, 1.82) is 0 Å². The monoisotopic (exact) mass is 377 g/mol. The van der Waals surface area contributed by atoms with Crippen LogP contribution >= 0.6 is 0 Å². The van der Waals surface area contributed by atoms with Crippen molar-refractivity contribution in [3.05, 3.63) is 0 Å². The number of carbonyl (C=O) groups is 1. The molecule has 0 aromatic heterocycles. The fourth-order valence-electron chi connectivity index (χ4n) is 1.95. The summed E-state index contributed by atoms with van der Waals surface area (Å²) in [6.45, 7) is 14.4. The van der Waals surface area contributed by atoms with Gasteiger partial charge in [-0.15, -0.1) is 0 Å². The Kier molecular flexibility index (Phi) is 17.2. The Bertz CT molecular complexity index is 325. The molecule has 0 saturated carbocycles. The van der Waals surface area contributed by atoms with Gasteiger partial charge in [0.25, 0.3) is 0 Å². The number of carbonyl (C=O) groups excluding carboxylic acids is 1. The maximum absolute atomic E-state index is 11.7. The predicted molar refractivity (Wildman–Crippen MR) is 101 cm³/mol. The van der Waals surface area contributed by atoms with Crippen LogP contribution in [0.3, 0.4) is 0 Å². The van der Waals surface area contributed by atoms with Gasteiger partial charge in [0.2, 0.25) is 5.91 Å². The van der Waals surface area contributed by atoms with Crippen molar-refractivity contribution in [2.75, 3.05) is 79.7 Å². The van der Waals surface area contributed by atoms with Crippen LogP contribution in [0.25, 0.3) is 0 Å². The van der Waals surface area contributed by atoms with E-state index in [0.29, 0.717) is 71.9 Å². The highest BCUT2D eigenvalue weighted by molar-refractivity contribution is 5.77. The van der Waals surface area contributed by atoms with Crippen LogP contribution < -0.4 is 0 Å². The molecule has 0 aliphatic carbocycles. The third kappa shape index (κ3) is 16.7. The fourth-order valence-corrected chi connectivity index (χ4v) is 1.95. The molecular formula is C19H39NO6. The van der Waals surface area contributed by atoms with E-state index in [9.17, 15) is 4.79 Å². The van der Waals surface area contributed by atoms with Crippen LogP contribution in [0.2, 0.25) is 0 Å². The molecule has 0 rings (SSSR count). The van der Waals surface area contributed by atoms with Crippen LogP contribution in [0.5, 0.6) is 0 Å². The summed E-state index contributed by atoms with van der Waals surface area (Å²) < 4.78 is 27.1. The van der Waals surface area contributed by atoms with Crippen LogP contribution in [0.15, 0.2) is 0 Å². The van der Waals surface area contributed by atoms with Gasteiger partial charge >= 0.3 is 0 Å². The zero-order valence-electron chi connectivity index (χ0n) is 17.3. The lowest BCUT2D eigenvalue weighted by Crippen LogP contribution is -2.33. The van der Waals surface area contributed by atoms with Crippen molar-refractivity contribution in [1.82, 2.24) is 4.90 Å². The largest absolute Gasteiger partial charge is 0.379 e. The third-order valence-electron chi connectivity index (χ3n) is 3.38. The van der Waals surface area contributed by atoms with Gasteiger partial charge in [-0.1, -0.05) is 27.7 Å². The molecule has 1 amide bonds. The second-order valence-electron chi connectivity index (χ2n) is 6.83. The minimum absolute atomic E-state index is 0.0203. The van der Waals surface area contributed by atoms with Gasteiger partial charge in [-0.25, -0.2) is 0 Å². The van der Waals surface area contributed by atoms with Crippen molar-refractivity contribution in [3.8, 4) is 0 Å². The summed E-state index contributed by atoms with van der Waals surface area (Å²) in [5, 5.41) is 0. The van der Waals surface area contributed by atoms with Gasteiger partial charge in [0.1, 0.15) is 0 Å². The molecule has 0 radical (unpaired) electrons. The van der Waals surface area contributed by atoms with Gasteiger partial charge in [-0.3, -0.25) is 4.79 Å². The highest BCUT2D eigenvalue weighted by Crippen LogP contribution is 1.98. The Morgan fingerprint density at radius 1 is 0.692 bits per heavy atom. The smallest absolute Gasteiger partial charge is 0.224 e. The van der Waals surface area contributed by atoms with Crippen molar-refractivity contribution in [3.63, 3.8) is 0 Å². The number of nitrogens with zero attached hydrogens (tertiary/aromatic N) is 1. The Hall–Kier alpha value is -0.730. The zero-order valence-corrected chi connectivity index (χ0v) is 17.3. The standard InChI is InChI=1S/C19H39NO6/c1-17(2)16-26-15-14-25-13-12-24-11-10-23-9-8-22-7-6-20(5)19(21)18(3)4/h17-18H,6-16H2,1-5H3. The van der Waals surface area contributed by atoms with E-state index in [0.717, 1.165) is 6.61 Å². The maximum atomic E-state index is 11.7. The molecule has 0 bridgehead atoms. The molecule has 0 saturated heterocycles. The average molecular weight is 378 g/mol. The van der Waals surface area contributed by atoms with Crippen molar-refractivity contribution < 1.29 is 28.5 Å². The van der Waals surface area contributed by atoms with Gasteiger partial charge < -0.3 is 28.6 Å². The Morgan fingerprint density at radius 3 is 1.46 bits per heavy atom.